The Morgan fingerprint density at radius 3 is 0.625 bits per heavy atom. The molecule has 0 heterocycles. The third-order valence-corrected chi connectivity index (χ3v) is 13.1. The molecule has 0 aliphatic heterocycles. The molecule has 0 atom stereocenters. The first-order chi connectivity index (χ1) is 31.8. The first-order valence-corrected chi connectivity index (χ1v) is 22.2. The van der Waals surface area contributed by atoms with Crippen molar-refractivity contribution in [1.29, 1.82) is 0 Å². The topological polar surface area (TPSA) is 0 Å². The second kappa shape index (κ2) is 15.9. The van der Waals surface area contributed by atoms with Gasteiger partial charge in [0.1, 0.15) is 0 Å². The van der Waals surface area contributed by atoms with Crippen LogP contribution in [0.25, 0.3) is 121 Å². The van der Waals surface area contributed by atoms with Crippen molar-refractivity contribution in [2.24, 2.45) is 0 Å². The van der Waals surface area contributed by atoms with E-state index in [1.807, 2.05) is 0 Å². The number of hydrogen-bond acceptors (Lipinski definition) is 0. The van der Waals surface area contributed by atoms with Gasteiger partial charge in [-0.05, 0) is 133 Å². The third-order valence-electron chi connectivity index (χ3n) is 13.1. The molecule has 0 spiro atoms. The van der Waals surface area contributed by atoms with Crippen LogP contribution >= 0.6 is 0 Å². The Morgan fingerprint density at radius 2 is 0.359 bits per heavy atom. The summed E-state index contributed by atoms with van der Waals surface area (Å²) in [7, 11) is 0. The van der Waals surface area contributed by atoms with Crippen molar-refractivity contribution in [2.75, 3.05) is 0 Å². The van der Waals surface area contributed by atoms with Crippen molar-refractivity contribution in [3.8, 4) is 77.9 Å². The van der Waals surface area contributed by atoms with Crippen molar-refractivity contribution < 1.29 is 0 Å². The Hall–Kier alpha value is -8.32. The van der Waals surface area contributed by atoms with Gasteiger partial charge < -0.3 is 0 Å². The Morgan fingerprint density at radius 1 is 0.141 bits per heavy atom. The minimum atomic E-state index is 1.20. The van der Waals surface area contributed by atoms with Gasteiger partial charge in [-0.1, -0.05) is 243 Å². The van der Waals surface area contributed by atoms with Gasteiger partial charge in [0.05, 0.1) is 0 Å². The average Bonchev–Trinajstić information content (AvgIpc) is 3.38. The molecule has 12 aromatic carbocycles. The molecule has 0 nitrogen and oxygen atoms in total. The molecule has 0 aliphatic rings. The standard InChI is InChI=1S/C64H42/c1-5-21-43(22-6-1)49-39-37-47(41-59(49)45-25-9-3-10-26-45)61-51-29-13-17-33-55(51)63(56-34-18-14-30-52(56)61)64-57-35-19-15-31-53(57)62(54-32-16-20-36-58(54)64)48-38-40-50(44-23-7-2-8-24-44)60(42-48)46-27-11-4-12-28-46/h1-42H. The predicted octanol–water partition coefficient (Wildman–Crippen LogP) is 18.0. The van der Waals surface area contributed by atoms with E-state index in [4.69, 9.17) is 0 Å². The predicted molar refractivity (Wildman–Crippen MR) is 275 cm³/mol. The average molecular weight is 811 g/mol. The van der Waals surface area contributed by atoms with Gasteiger partial charge in [0, 0.05) is 0 Å². The SMILES string of the molecule is c1ccc(-c2ccc(-c3c4ccccc4c(-c4c5ccccc5c(-c5ccc(-c6ccccc6)c(-c6ccccc6)c5)c5ccccc45)c4ccccc34)cc2-c2ccccc2)cc1. The van der Waals surface area contributed by atoms with Gasteiger partial charge in [-0.15, -0.1) is 0 Å². The largest absolute Gasteiger partial charge is 0.0622 e. The van der Waals surface area contributed by atoms with Crippen LogP contribution in [-0.2, 0) is 0 Å². The fraction of sp³-hybridized carbons (Fsp3) is 0. The lowest BCUT2D eigenvalue weighted by molar-refractivity contribution is 1.57. The first kappa shape index (κ1) is 37.4. The van der Waals surface area contributed by atoms with Crippen molar-refractivity contribution in [2.45, 2.75) is 0 Å². The zero-order valence-electron chi connectivity index (χ0n) is 35.2. The molecule has 12 aromatic rings. The number of rotatable bonds is 7. The van der Waals surface area contributed by atoms with E-state index in [0.717, 1.165) is 0 Å². The molecule has 0 radical (unpaired) electrons. The maximum atomic E-state index is 2.41. The second-order valence-corrected chi connectivity index (χ2v) is 16.7. The molecule has 0 saturated carbocycles. The zero-order valence-corrected chi connectivity index (χ0v) is 35.2. The molecule has 298 valence electrons. The van der Waals surface area contributed by atoms with Crippen LogP contribution in [0.3, 0.4) is 0 Å². The molecule has 12 rings (SSSR count). The van der Waals surface area contributed by atoms with Gasteiger partial charge in [0.2, 0.25) is 0 Å². The molecular formula is C64H42. The van der Waals surface area contributed by atoms with Gasteiger partial charge in [-0.2, -0.15) is 0 Å². The van der Waals surface area contributed by atoms with Crippen LogP contribution in [0, 0.1) is 0 Å². The maximum absolute atomic E-state index is 2.41. The Bertz CT molecular complexity index is 3320. The highest BCUT2D eigenvalue weighted by Crippen LogP contribution is 2.51. The second-order valence-electron chi connectivity index (χ2n) is 16.7. The lowest BCUT2D eigenvalue weighted by Crippen LogP contribution is -1.95. The van der Waals surface area contributed by atoms with Crippen LogP contribution in [-0.4, -0.2) is 0 Å². The highest BCUT2D eigenvalue weighted by molar-refractivity contribution is 6.30. The molecule has 0 unspecified atom stereocenters. The van der Waals surface area contributed by atoms with Crippen LogP contribution < -0.4 is 0 Å². The highest BCUT2D eigenvalue weighted by atomic mass is 14.3. The Labute approximate surface area is 374 Å². The molecule has 0 aliphatic carbocycles. The molecule has 0 aromatic heterocycles. The monoisotopic (exact) mass is 810 g/mol. The van der Waals surface area contributed by atoms with Crippen LogP contribution in [0.2, 0.25) is 0 Å². The molecule has 64 heavy (non-hydrogen) atoms. The van der Waals surface area contributed by atoms with E-state index in [2.05, 4.69) is 255 Å². The van der Waals surface area contributed by atoms with Crippen molar-refractivity contribution >= 4 is 43.1 Å². The van der Waals surface area contributed by atoms with Gasteiger partial charge >= 0.3 is 0 Å². The Kier molecular flexibility index (Phi) is 9.28. The Balaban J connectivity index is 1.14. The highest BCUT2D eigenvalue weighted by Gasteiger charge is 2.23. The summed E-state index contributed by atoms with van der Waals surface area (Å²) in [5, 5.41) is 9.93. The number of hydrogen-bond donors (Lipinski definition) is 0. The number of benzene rings is 12. The number of fused-ring (bicyclic) bond motifs is 4. The zero-order chi connectivity index (χ0) is 42.4. The van der Waals surface area contributed by atoms with E-state index in [9.17, 15) is 0 Å². The smallest absolute Gasteiger partial charge is 0.00139 e. The van der Waals surface area contributed by atoms with Gasteiger partial charge in [0.15, 0.2) is 0 Å². The molecule has 0 bridgehead atoms. The third kappa shape index (κ3) is 6.31. The summed E-state index contributed by atoms with van der Waals surface area (Å²) in [6.45, 7) is 0. The molecule has 0 amide bonds. The van der Waals surface area contributed by atoms with Crippen LogP contribution in [0.5, 0.6) is 0 Å². The van der Waals surface area contributed by atoms with E-state index in [-0.39, 0.29) is 0 Å². The first-order valence-electron chi connectivity index (χ1n) is 22.2. The van der Waals surface area contributed by atoms with Gasteiger partial charge in [-0.3, -0.25) is 0 Å². The van der Waals surface area contributed by atoms with Crippen LogP contribution in [0.15, 0.2) is 255 Å². The molecule has 0 heteroatoms. The lowest BCUT2D eigenvalue weighted by Gasteiger charge is -2.23. The fourth-order valence-corrected chi connectivity index (χ4v) is 10.3. The molecule has 0 N–H and O–H groups in total. The minimum Gasteiger partial charge on any atom is -0.0622 e. The van der Waals surface area contributed by atoms with Gasteiger partial charge in [-0.25, -0.2) is 0 Å². The minimum absolute atomic E-state index is 1.20. The normalized spacial score (nSPS) is 11.4. The van der Waals surface area contributed by atoms with Crippen LogP contribution in [0.4, 0.5) is 0 Å². The molecule has 0 fully saturated rings. The summed E-state index contributed by atoms with van der Waals surface area (Å²) in [6.07, 6.45) is 0. The van der Waals surface area contributed by atoms with E-state index >= 15 is 0 Å². The van der Waals surface area contributed by atoms with Crippen molar-refractivity contribution in [3.05, 3.63) is 255 Å². The summed E-state index contributed by atoms with van der Waals surface area (Å²) >= 11 is 0. The van der Waals surface area contributed by atoms with Crippen LogP contribution in [0.1, 0.15) is 0 Å². The summed E-state index contributed by atoms with van der Waals surface area (Å²) in [6, 6.07) is 93.6. The maximum Gasteiger partial charge on any atom is -0.00139 e. The van der Waals surface area contributed by atoms with Crippen molar-refractivity contribution in [1.82, 2.24) is 0 Å². The quantitative estimate of drug-likeness (QED) is 0.141. The fourth-order valence-electron chi connectivity index (χ4n) is 10.3. The lowest BCUT2D eigenvalue weighted by atomic mass is 9.80. The van der Waals surface area contributed by atoms with Gasteiger partial charge in [0.25, 0.3) is 0 Å². The summed E-state index contributed by atoms with van der Waals surface area (Å²) in [5.74, 6) is 0. The van der Waals surface area contributed by atoms with E-state index in [1.165, 1.54) is 121 Å². The van der Waals surface area contributed by atoms with E-state index in [0.29, 0.717) is 0 Å². The van der Waals surface area contributed by atoms with E-state index < -0.39 is 0 Å². The molecular weight excluding hydrogens is 769 g/mol. The van der Waals surface area contributed by atoms with Crippen molar-refractivity contribution in [3.63, 3.8) is 0 Å². The summed E-state index contributed by atoms with van der Waals surface area (Å²) in [5.41, 5.74) is 17.2. The molecule has 0 saturated heterocycles. The van der Waals surface area contributed by atoms with E-state index in [1.54, 1.807) is 0 Å². The summed E-state index contributed by atoms with van der Waals surface area (Å²) in [4.78, 5) is 0. The summed E-state index contributed by atoms with van der Waals surface area (Å²) < 4.78 is 0.